The van der Waals surface area contributed by atoms with Crippen molar-refractivity contribution in [2.75, 3.05) is 0 Å². The van der Waals surface area contributed by atoms with Crippen molar-refractivity contribution in [1.82, 2.24) is 0 Å². The molecule has 1 N–H and O–H groups in total. The first-order valence-corrected chi connectivity index (χ1v) is 1.48. The van der Waals surface area contributed by atoms with Crippen molar-refractivity contribution in [3.05, 3.63) is 0 Å². The van der Waals surface area contributed by atoms with Crippen LogP contribution in [0.3, 0.4) is 0 Å². The van der Waals surface area contributed by atoms with Crippen molar-refractivity contribution in [3.63, 3.8) is 0 Å². The van der Waals surface area contributed by atoms with Gasteiger partial charge in [-0.3, -0.25) is 18.8 Å². The van der Waals surface area contributed by atoms with E-state index in [1.54, 1.807) is 0 Å². The number of rotatable bonds is 0. The number of hydrogen-bond acceptors (Lipinski definition) is 1. The molecule has 0 aliphatic rings. The molecule has 48 valence electrons. The van der Waals surface area contributed by atoms with E-state index in [1.807, 2.05) is 0 Å². The van der Waals surface area contributed by atoms with Crippen LogP contribution in [0.1, 0.15) is 0 Å². The van der Waals surface area contributed by atoms with Crippen LogP contribution < -0.4 is 0 Å². The van der Waals surface area contributed by atoms with Crippen molar-refractivity contribution in [3.8, 4) is 0 Å². The predicted octanol–water partition coefficient (Wildman–Crippen LogP) is -0.447. The maximum atomic E-state index is 8.57. The molecular weight excluding hydrogens is 135 g/mol. The second-order valence-electron chi connectivity index (χ2n) is 0.105. The van der Waals surface area contributed by atoms with Gasteiger partial charge in [0.1, 0.15) is 0 Å². The van der Waals surface area contributed by atoms with Crippen LogP contribution in [-0.4, -0.2) is 19.6 Å². The molecule has 0 heterocycles. The van der Waals surface area contributed by atoms with Gasteiger partial charge in [0, 0.05) is 0 Å². The van der Waals surface area contributed by atoms with Crippen molar-refractivity contribution in [2.45, 2.75) is 0 Å². The third-order valence-electron chi connectivity index (χ3n) is 0. The fourth-order valence-corrected chi connectivity index (χ4v) is 0. The van der Waals surface area contributed by atoms with Crippen LogP contribution in [0.15, 0.2) is 0 Å². The summed E-state index contributed by atoms with van der Waals surface area (Å²) in [7, 11) is 0. The second kappa shape index (κ2) is 190. The molecule has 0 aromatic heterocycles. The summed E-state index contributed by atoms with van der Waals surface area (Å²) in [4.78, 5) is 0. The van der Waals surface area contributed by atoms with E-state index in [0.717, 1.165) is 0 Å². The minimum atomic E-state index is -1.50. The van der Waals surface area contributed by atoms with Crippen molar-refractivity contribution in [1.29, 1.82) is 0 Å². The summed E-state index contributed by atoms with van der Waals surface area (Å²) < 4.78 is 15.7. The Bertz CT molecular complexity index is 17.2. The van der Waals surface area contributed by atoms with Gasteiger partial charge in [0.15, 0.2) is 0 Å². The minimum absolute atomic E-state index is 0. The molecule has 0 aliphatic heterocycles. The molecule has 7 heavy (non-hydrogen) atoms. The van der Waals surface area contributed by atoms with E-state index >= 15 is 0 Å². The van der Waals surface area contributed by atoms with E-state index in [2.05, 4.69) is 0 Å². The van der Waals surface area contributed by atoms with Gasteiger partial charge in [-0.05, 0) is 0 Å². The molecular formula is H5AlF4O2. The molecule has 0 aliphatic carbocycles. The second-order valence-corrected chi connectivity index (χ2v) is 0.316. The van der Waals surface area contributed by atoms with Crippen LogP contribution >= 0.6 is 0 Å². The zero-order valence-corrected chi connectivity index (χ0v) is 4.22. The van der Waals surface area contributed by atoms with Crippen molar-refractivity contribution in [2.24, 2.45) is 0 Å². The van der Waals surface area contributed by atoms with Gasteiger partial charge in [0.05, 0.1) is 0 Å². The molecule has 0 saturated carbocycles. The summed E-state index contributed by atoms with van der Waals surface area (Å²) in [5.74, 6) is 0. The maximum absolute atomic E-state index is 8.57. The molecule has 0 aromatic carbocycles. The Hall–Kier alpha value is -0.148. The molecule has 0 atom stereocenters. The molecule has 0 spiro atoms. The third-order valence-corrected chi connectivity index (χ3v) is 0. The van der Waals surface area contributed by atoms with Crippen LogP contribution in [0, 0.1) is 0 Å². The molecule has 0 bridgehead atoms. The van der Waals surface area contributed by atoms with Gasteiger partial charge in [-0.25, -0.2) is 0 Å². The van der Waals surface area contributed by atoms with Crippen molar-refractivity contribution < 1.29 is 26.8 Å². The van der Waals surface area contributed by atoms with Crippen LogP contribution in [0.4, 0.5) is 18.8 Å². The molecule has 0 unspecified atom stereocenters. The zero-order valence-electron chi connectivity index (χ0n) is 3.07. The Morgan fingerprint density at radius 3 is 1.00 bits per heavy atom. The van der Waals surface area contributed by atoms with Crippen LogP contribution in [-0.2, 0) is 3.80 Å². The average molecular weight is 140 g/mol. The first-order chi connectivity index (χ1) is 1.41. The van der Waals surface area contributed by atoms with E-state index in [4.69, 9.17) is 7.96 Å². The molecule has 0 saturated heterocycles. The summed E-state index contributed by atoms with van der Waals surface area (Å²) in [6, 6.07) is 0. The normalized spacial score (nSPS) is 1.14. The predicted molar refractivity (Wildman–Crippen MR) is 18.7 cm³/mol. The summed E-state index contributed by atoms with van der Waals surface area (Å²) in [6.45, 7) is 0. The zero-order chi connectivity index (χ0) is 2.71. The number of hydrogen-bond donors (Lipinski definition) is 1. The topological polar surface area (TPSA) is 37.3 Å². The molecule has 0 radical (unpaired) electrons. The van der Waals surface area contributed by atoms with Crippen LogP contribution in [0.25, 0.3) is 0 Å². The Labute approximate surface area is 43.3 Å². The Morgan fingerprint density at radius 2 is 1.00 bits per heavy atom. The van der Waals surface area contributed by atoms with E-state index in [0.29, 0.717) is 0 Å². The Kier molecular flexibility index (Phi) is 1850. The third kappa shape index (κ3) is 3990. The monoisotopic (exact) mass is 140 g/mol. The van der Waals surface area contributed by atoms with Gasteiger partial charge in [0.2, 0.25) is 0 Å². The van der Waals surface area contributed by atoms with Gasteiger partial charge in [-0.15, -0.1) is 0 Å². The fourth-order valence-electron chi connectivity index (χ4n) is 0. The molecule has 2 nitrogen and oxygen atoms in total. The standard InChI is InChI=1S/Al.4FH.H2O.O/h;4*1H;1H2;/q+1;;;;;;/p-1. The summed E-state index contributed by atoms with van der Waals surface area (Å²) in [5.41, 5.74) is 0. The quantitative estimate of drug-likeness (QED) is 0.365. The van der Waals surface area contributed by atoms with Crippen molar-refractivity contribution >= 4 is 15.5 Å². The van der Waals surface area contributed by atoms with Gasteiger partial charge in [-0.2, -0.15) is 0 Å². The molecule has 0 aromatic rings. The van der Waals surface area contributed by atoms with Gasteiger partial charge in [-0.1, -0.05) is 0 Å². The number of halogens is 4. The van der Waals surface area contributed by atoms with E-state index in [1.165, 1.54) is 0 Å². The van der Waals surface area contributed by atoms with E-state index in [-0.39, 0.29) is 18.8 Å². The van der Waals surface area contributed by atoms with Gasteiger partial charge < -0.3 is 0 Å². The fraction of sp³-hybridized carbons (Fsp3) is 0. The van der Waals surface area contributed by atoms with Gasteiger partial charge >= 0.3 is 23.4 Å². The van der Waals surface area contributed by atoms with E-state index < -0.39 is 15.5 Å². The summed E-state index contributed by atoms with van der Waals surface area (Å²) >= 11 is -1.50. The average Bonchev–Trinajstić information content (AvgIpc) is 0.918. The molecule has 0 rings (SSSR count). The SMILES string of the molecule is F.F.F.F.[O]=[Al][OH]. The summed E-state index contributed by atoms with van der Waals surface area (Å²) in [6.07, 6.45) is 0. The van der Waals surface area contributed by atoms with Crippen LogP contribution in [0.5, 0.6) is 0 Å². The van der Waals surface area contributed by atoms with Crippen LogP contribution in [0.2, 0.25) is 0 Å². The van der Waals surface area contributed by atoms with E-state index in [9.17, 15) is 0 Å². The molecule has 0 amide bonds. The first kappa shape index (κ1) is 68.4. The van der Waals surface area contributed by atoms with Gasteiger partial charge in [0.25, 0.3) is 0 Å². The Balaban J connectivity index is -0.00000000333. The Morgan fingerprint density at radius 1 is 1.00 bits per heavy atom. The summed E-state index contributed by atoms with van der Waals surface area (Å²) in [5, 5.41) is 0. The molecule has 7 heteroatoms. The molecule has 0 fully saturated rings. The first-order valence-electron chi connectivity index (χ1n) is 0.494.